The van der Waals surface area contributed by atoms with Gasteiger partial charge in [-0.3, -0.25) is 4.79 Å². The molecule has 7 nitrogen and oxygen atoms in total. The third-order valence-electron chi connectivity index (χ3n) is 3.88. The Morgan fingerprint density at radius 1 is 0.926 bits per heavy atom. The van der Waals surface area contributed by atoms with Crippen molar-refractivity contribution in [2.45, 2.75) is 13.3 Å². The summed E-state index contributed by atoms with van der Waals surface area (Å²) in [4.78, 5) is 24.1. The minimum Gasteiger partial charge on any atom is -0.493 e. The molecule has 0 heterocycles. The van der Waals surface area contributed by atoms with Crippen LogP contribution in [0.15, 0.2) is 36.4 Å². The molecule has 0 atom stereocenters. The van der Waals surface area contributed by atoms with Gasteiger partial charge in [0.2, 0.25) is 5.75 Å². The van der Waals surface area contributed by atoms with Crippen LogP contribution in [-0.4, -0.2) is 39.8 Å². The van der Waals surface area contributed by atoms with Crippen LogP contribution in [0, 0.1) is 0 Å². The first-order chi connectivity index (χ1) is 13.0. The quantitative estimate of drug-likeness (QED) is 0.716. The second-order valence-corrected chi connectivity index (χ2v) is 5.59. The molecule has 0 saturated heterocycles. The van der Waals surface area contributed by atoms with Crippen LogP contribution >= 0.6 is 0 Å². The Hall–Kier alpha value is -3.22. The van der Waals surface area contributed by atoms with Gasteiger partial charge in [-0.25, -0.2) is 4.79 Å². The van der Waals surface area contributed by atoms with Crippen LogP contribution in [0.4, 0.5) is 5.69 Å². The van der Waals surface area contributed by atoms with Crippen molar-refractivity contribution in [2.24, 2.45) is 0 Å². The molecular formula is C20H23NO6. The van der Waals surface area contributed by atoms with Gasteiger partial charge in [0.25, 0.3) is 5.91 Å². The molecule has 27 heavy (non-hydrogen) atoms. The van der Waals surface area contributed by atoms with Gasteiger partial charge in [-0.05, 0) is 24.1 Å². The number of carbonyl (C=O) groups excluding carboxylic acids is 2. The number of rotatable bonds is 8. The second-order valence-electron chi connectivity index (χ2n) is 5.59. The summed E-state index contributed by atoms with van der Waals surface area (Å²) in [6.45, 7) is 1.62. The molecule has 0 aliphatic heterocycles. The number of hydrogen-bond acceptors (Lipinski definition) is 6. The molecule has 0 aliphatic carbocycles. The van der Waals surface area contributed by atoms with Crippen molar-refractivity contribution >= 4 is 17.6 Å². The first kappa shape index (κ1) is 20.1. The number of hydrogen-bond donors (Lipinski definition) is 1. The summed E-state index contributed by atoms with van der Waals surface area (Å²) >= 11 is 0. The monoisotopic (exact) mass is 373 g/mol. The standard InChI is InChI=1S/C20H23NO6/c1-5-13-6-8-14(9-7-13)20(23)27-12-18(22)21-15-10-16(24-2)19(26-4)17(11-15)25-3/h6-11H,5,12H2,1-4H3,(H,21,22). The fraction of sp³-hybridized carbons (Fsp3) is 0.300. The predicted octanol–water partition coefficient (Wildman–Crippen LogP) is 3.07. The summed E-state index contributed by atoms with van der Waals surface area (Å²) < 4.78 is 20.8. The zero-order valence-corrected chi connectivity index (χ0v) is 15.8. The first-order valence-electron chi connectivity index (χ1n) is 8.38. The molecule has 144 valence electrons. The lowest BCUT2D eigenvalue weighted by Gasteiger charge is -2.14. The number of carbonyl (C=O) groups is 2. The summed E-state index contributed by atoms with van der Waals surface area (Å²) in [5.41, 5.74) is 1.94. The van der Waals surface area contributed by atoms with E-state index in [-0.39, 0.29) is 0 Å². The lowest BCUT2D eigenvalue weighted by atomic mass is 10.1. The molecule has 0 saturated carbocycles. The smallest absolute Gasteiger partial charge is 0.338 e. The van der Waals surface area contributed by atoms with Crippen LogP contribution in [0.25, 0.3) is 0 Å². The zero-order chi connectivity index (χ0) is 19.8. The van der Waals surface area contributed by atoms with Gasteiger partial charge < -0.3 is 24.3 Å². The maximum Gasteiger partial charge on any atom is 0.338 e. The Morgan fingerprint density at radius 3 is 2.00 bits per heavy atom. The Morgan fingerprint density at radius 2 is 1.52 bits per heavy atom. The molecule has 2 rings (SSSR count). The van der Waals surface area contributed by atoms with Crippen LogP contribution in [-0.2, 0) is 16.0 Å². The fourth-order valence-corrected chi connectivity index (χ4v) is 2.44. The Labute approximate surface area is 158 Å². The van der Waals surface area contributed by atoms with E-state index in [4.69, 9.17) is 18.9 Å². The molecule has 1 amide bonds. The number of aryl methyl sites for hydroxylation is 1. The van der Waals surface area contributed by atoms with E-state index in [0.717, 1.165) is 12.0 Å². The van der Waals surface area contributed by atoms with Crippen LogP contribution in [0.2, 0.25) is 0 Å². The van der Waals surface area contributed by atoms with E-state index in [2.05, 4.69) is 5.32 Å². The van der Waals surface area contributed by atoms with Gasteiger partial charge in [0.05, 0.1) is 26.9 Å². The molecule has 0 spiro atoms. The summed E-state index contributed by atoms with van der Waals surface area (Å²) in [5.74, 6) is 0.181. The molecular weight excluding hydrogens is 350 g/mol. The number of esters is 1. The third-order valence-corrected chi connectivity index (χ3v) is 3.88. The molecule has 0 aliphatic rings. The summed E-state index contributed by atoms with van der Waals surface area (Å²) in [5, 5.41) is 2.64. The van der Waals surface area contributed by atoms with Crippen molar-refractivity contribution in [3.63, 3.8) is 0 Å². The van der Waals surface area contributed by atoms with Crippen LogP contribution in [0.5, 0.6) is 17.2 Å². The number of nitrogens with one attached hydrogen (secondary N) is 1. The van der Waals surface area contributed by atoms with Crippen molar-refractivity contribution < 1.29 is 28.5 Å². The van der Waals surface area contributed by atoms with E-state index in [1.54, 1.807) is 24.3 Å². The molecule has 0 radical (unpaired) electrons. The molecule has 0 aromatic heterocycles. The van der Waals surface area contributed by atoms with Crippen LogP contribution in [0.3, 0.4) is 0 Å². The molecule has 7 heteroatoms. The number of benzene rings is 2. The second kappa shape index (κ2) is 9.47. The third kappa shape index (κ3) is 5.13. The number of methoxy groups -OCH3 is 3. The largest absolute Gasteiger partial charge is 0.493 e. The molecule has 0 unspecified atom stereocenters. The average Bonchev–Trinajstić information content (AvgIpc) is 2.71. The van der Waals surface area contributed by atoms with Gasteiger partial charge in [0.15, 0.2) is 18.1 Å². The van der Waals surface area contributed by atoms with Crippen LogP contribution in [0.1, 0.15) is 22.8 Å². The first-order valence-corrected chi connectivity index (χ1v) is 8.38. The Balaban J connectivity index is 1.99. The predicted molar refractivity (Wildman–Crippen MR) is 101 cm³/mol. The maximum atomic E-state index is 12.1. The molecule has 0 bridgehead atoms. The SMILES string of the molecule is CCc1ccc(C(=O)OCC(=O)Nc2cc(OC)c(OC)c(OC)c2)cc1. The summed E-state index contributed by atoms with van der Waals surface area (Å²) in [6, 6.07) is 10.2. The highest BCUT2D eigenvalue weighted by atomic mass is 16.5. The van der Waals surface area contributed by atoms with Crippen molar-refractivity contribution in [1.82, 2.24) is 0 Å². The summed E-state index contributed by atoms with van der Waals surface area (Å²) in [6.07, 6.45) is 0.881. The number of anilines is 1. The maximum absolute atomic E-state index is 12.1. The Kier molecular flexibility index (Phi) is 7.05. The fourth-order valence-electron chi connectivity index (χ4n) is 2.44. The molecule has 2 aromatic rings. The van der Waals surface area contributed by atoms with Gasteiger partial charge in [-0.15, -0.1) is 0 Å². The molecule has 0 fully saturated rings. The van der Waals surface area contributed by atoms with Gasteiger partial charge in [-0.1, -0.05) is 19.1 Å². The van der Waals surface area contributed by atoms with Crippen LogP contribution < -0.4 is 19.5 Å². The van der Waals surface area contributed by atoms with Crippen molar-refractivity contribution in [2.75, 3.05) is 33.3 Å². The van der Waals surface area contributed by atoms with E-state index in [0.29, 0.717) is 28.5 Å². The van der Waals surface area contributed by atoms with Crippen molar-refractivity contribution in [3.05, 3.63) is 47.5 Å². The average molecular weight is 373 g/mol. The van der Waals surface area contributed by atoms with Crippen molar-refractivity contribution in [3.8, 4) is 17.2 Å². The normalized spacial score (nSPS) is 10.1. The van der Waals surface area contributed by atoms with Gasteiger partial charge in [0, 0.05) is 17.8 Å². The molecule has 2 aromatic carbocycles. The zero-order valence-electron chi connectivity index (χ0n) is 15.8. The minimum atomic E-state index is -0.558. The van der Waals surface area contributed by atoms with Gasteiger partial charge in [-0.2, -0.15) is 0 Å². The van der Waals surface area contributed by atoms with Gasteiger partial charge >= 0.3 is 5.97 Å². The lowest BCUT2D eigenvalue weighted by molar-refractivity contribution is -0.119. The van der Waals surface area contributed by atoms with Crippen molar-refractivity contribution in [1.29, 1.82) is 0 Å². The minimum absolute atomic E-state index is 0.396. The number of amides is 1. The topological polar surface area (TPSA) is 83.1 Å². The molecule has 1 N–H and O–H groups in total. The van der Waals surface area contributed by atoms with E-state index < -0.39 is 18.5 Å². The van der Waals surface area contributed by atoms with E-state index in [9.17, 15) is 9.59 Å². The number of ether oxygens (including phenoxy) is 4. The highest BCUT2D eigenvalue weighted by Crippen LogP contribution is 2.39. The lowest BCUT2D eigenvalue weighted by Crippen LogP contribution is -2.21. The Bertz CT molecular complexity index is 776. The van der Waals surface area contributed by atoms with E-state index >= 15 is 0 Å². The highest BCUT2D eigenvalue weighted by molar-refractivity contribution is 5.96. The van der Waals surface area contributed by atoms with E-state index in [1.165, 1.54) is 21.3 Å². The van der Waals surface area contributed by atoms with E-state index in [1.807, 2.05) is 19.1 Å². The summed E-state index contributed by atoms with van der Waals surface area (Å²) in [7, 11) is 4.45. The van der Waals surface area contributed by atoms with Gasteiger partial charge in [0.1, 0.15) is 0 Å². The highest BCUT2D eigenvalue weighted by Gasteiger charge is 2.15.